The van der Waals surface area contributed by atoms with Crippen molar-refractivity contribution in [2.75, 3.05) is 7.05 Å². The SMILES string of the molecule is CCn1cncc1CN(C)Cc1cccc(C(F)(F)F)c1. The van der Waals surface area contributed by atoms with E-state index in [1.807, 2.05) is 23.4 Å². The van der Waals surface area contributed by atoms with Crippen molar-refractivity contribution in [3.05, 3.63) is 53.6 Å². The van der Waals surface area contributed by atoms with Crippen LogP contribution >= 0.6 is 0 Å². The second-order valence-electron chi connectivity index (χ2n) is 5.04. The monoisotopic (exact) mass is 297 g/mol. The Morgan fingerprint density at radius 1 is 1.24 bits per heavy atom. The van der Waals surface area contributed by atoms with Crippen molar-refractivity contribution in [3.8, 4) is 0 Å². The van der Waals surface area contributed by atoms with Gasteiger partial charge in [0.25, 0.3) is 0 Å². The molecule has 0 radical (unpaired) electrons. The molecule has 0 aliphatic carbocycles. The fourth-order valence-electron chi connectivity index (χ4n) is 2.25. The highest BCUT2D eigenvalue weighted by Crippen LogP contribution is 2.29. The molecule has 0 aliphatic rings. The summed E-state index contributed by atoms with van der Waals surface area (Å²) < 4.78 is 40.1. The first-order valence-corrected chi connectivity index (χ1v) is 6.74. The van der Waals surface area contributed by atoms with E-state index in [1.165, 1.54) is 12.1 Å². The number of rotatable bonds is 5. The summed E-state index contributed by atoms with van der Waals surface area (Å²) in [5.74, 6) is 0. The van der Waals surface area contributed by atoms with Crippen LogP contribution in [-0.2, 0) is 25.8 Å². The standard InChI is InChI=1S/C15H18F3N3/c1-3-21-11-19-8-14(21)10-20(2)9-12-5-4-6-13(7-12)15(16,17)18/h4-8,11H,3,9-10H2,1-2H3. The summed E-state index contributed by atoms with van der Waals surface area (Å²) in [5.41, 5.74) is 1.09. The van der Waals surface area contributed by atoms with Crippen LogP contribution in [0.2, 0.25) is 0 Å². The van der Waals surface area contributed by atoms with E-state index in [0.29, 0.717) is 18.7 Å². The fraction of sp³-hybridized carbons (Fsp3) is 0.400. The van der Waals surface area contributed by atoms with Crippen LogP contribution in [-0.4, -0.2) is 21.5 Å². The minimum atomic E-state index is -4.30. The summed E-state index contributed by atoms with van der Waals surface area (Å²) in [6, 6.07) is 5.45. The Labute approximate surface area is 122 Å². The van der Waals surface area contributed by atoms with Crippen molar-refractivity contribution in [1.29, 1.82) is 0 Å². The van der Waals surface area contributed by atoms with Gasteiger partial charge in [0, 0.05) is 25.8 Å². The Morgan fingerprint density at radius 3 is 2.67 bits per heavy atom. The van der Waals surface area contributed by atoms with E-state index in [1.54, 1.807) is 18.6 Å². The normalized spacial score (nSPS) is 12.1. The molecule has 0 atom stereocenters. The van der Waals surface area contributed by atoms with Crippen LogP contribution in [0, 0.1) is 0 Å². The second-order valence-corrected chi connectivity index (χ2v) is 5.04. The predicted molar refractivity (Wildman–Crippen MR) is 74.5 cm³/mol. The highest BCUT2D eigenvalue weighted by molar-refractivity contribution is 5.25. The second kappa shape index (κ2) is 6.30. The quantitative estimate of drug-likeness (QED) is 0.841. The molecule has 0 aliphatic heterocycles. The van der Waals surface area contributed by atoms with Crippen molar-refractivity contribution in [2.45, 2.75) is 32.7 Å². The lowest BCUT2D eigenvalue weighted by Gasteiger charge is -2.18. The summed E-state index contributed by atoms with van der Waals surface area (Å²) in [5, 5.41) is 0. The van der Waals surface area contributed by atoms with Crippen LogP contribution in [0.1, 0.15) is 23.7 Å². The molecule has 21 heavy (non-hydrogen) atoms. The lowest BCUT2D eigenvalue weighted by Crippen LogP contribution is -2.19. The third-order valence-electron chi connectivity index (χ3n) is 3.28. The zero-order valence-corrected chi connectivity index (χ0v) is 12.1. The van der Waals surface area contributed by atoms with E-state index in [4.69, 9.17) is 0 Å². The van der Waals surface area contributed by atoms with Crippen LogP contribution in [0.4, 0.5) is 13.2 Å². The number of aryl methyl sites for hydroxylation is 1. The predicted octanol–water partition coefficient (Wildman–Crippen LogP) is 3.55. The minimum absolute atomic E-state index is 0.457. The van der Waals surface area contributed by atoms with Gasteiger partial charge in [-0.3, -0.25) is 4.90 Å². The Balaban J connectivity index is 2.04. The van der Waals surface area contributed by atoms with Crippen LogP contribution in [0.3, 0.4) is 0 Å². The molecule has 0 saturated carbocycles. The summed E-state index contributed by atoms with van der Waals surface area (Å²) in [6.45, 7) is 3.95. The highest BCUT2D eigenvalue weighted by Gasteiger charge is 2.30. The van der Waals surface area contributed by atoms with E-state index in [2.05, 4.69) is 4.98 Å². The van der Waals surface area contributed by atoms with Gasteiger partial charge in [-0.1, -0.05) is 18.2 Å². The number of benzene rings is 1. The van der Waals surface area contributed by atoms with Gasteiger partial charge in [0.1, 0.15) is 0 Å². The molecular formula is C15H18F3N3. The first-order valence-electron chi connectivity index (χ1n) is 6.74. The number of imidazole rings is 1. The summed E-state index contributed by atoms with van der Waals surface area (Å²) in [7, 11) is 1.88. The number of hydrogen-bond acceptors (Lipinski definition) is 2. The number of halogens is 3. The Bertz CT molecular complexity index is 590. The van der Waals surface area contributed by atoms with E-state index >= 15 is 0 Å². The fourth-order valence-corrected chi connectivity index (χ4v) is 2.25. The topological polar surface area (TPSA) is 21.1 Å². The van der Waals surface area contributed by atoms with Crippen molar-refractivity contribution in [1.82, 2.24) is 14.5 Å². The smallest absolute Gasteiger partial charge is 0.334 e. The lowest BCUT2D eigenvalue weighted by atomic mass is 10.1. The average Bonchev–Trinajstić information content (AvgIpc) is 2.85. The molecule has 0 N–H and O–H groups in total. The summed E-state index contributed by atoms with van der Waals surface area (Å²) in [4.78, 5) is 6.06. The van der Waals surface area contributed by atoms with Crippen molar-refractivity contribution in [2.24, 2.45) is 0 Å². The van der Waals surface area contributed by atoms with Crippen LogP contribution < -0.4 is 0 Å². The summed E-state index contributed by atoms with van der Waals surface area (Å²) >= 11 is 0. The molecule has 114 valence electrons. The average molecular weight is 297 g/mol. The van der Waals surface area contributed by atoms with Gasteiger partial charge in [-0.05, 0) is 25.6 Å². The zero-order valence-electron chi connectivity index (χ0n) is 12.1. The molecule has 1 heterocycles. The summed E-state index contributed by atoms with van der Waals surface area (Å²) in [6.07, 6.45) is -0.755. The molecule has 0 spiro atoms. The number of aromatic nitrogens is 2. The molecule has 0 fully saturated rings. The Morgan fingerprint density at radius 2 is 2.00 bits per heavy atom. The van der Waals surface area contributed by atoms with Gasteiger partial charge < -0.3 is 4.57 Å². The number of nitrogens with zero attached hydrogens (tertiary/aromatic N) is 3. The maximum Gasteiger partial charge on any atom is 0.416 e. The van der Waals surface area contributed by atoms with Gasteiger partial charge in [0.2, 0.25) is 0 Å². The lowest BCUT2D eigenvalue weighted by molar-refractivity contribution is -0.137. The maximum atomic E-state index is 12.7. The van der Waals surface area contributed by atoms with E-state index in [9.17, 15) is 13.2 Å². The molecule has 0 saturated heterocycles. The molecule has 1 aromatic heterocycles. The van der Waals surface area contributed by atoms with Gasteiger partial charge in [-0.25, -0.2) is 4.98 Å². The molecule has 2 rings (SSSR count). The van der Waals surface area contributed by atoms with Gasteiger partial charge in [-0.2, -0.15) is 13.2 Å². The molecule has 0 bridgehead atoms. The van der Waals surface area contributed by atoms with E-state index < -0.39 is 11.7 Å². The van der Waals surface area contributed by atoms with E-state index in [-0.39, 0.29) is 0 Å². The van der Waals surface area contributed by atoms with Gasteiger partial charge >= 0.3 is 6.18 Å². The van der Waals surface area contributed by atoms with Crippen LogP contribution in [0.5, 0.6) is 0 Å². The van der Waals surface area contributed by atoms with Crippen molar-refractivity contribution >= 4 is 0 Å². The molecule has 3 nitrogen and oxygen atoms in total. The Hall–Kier alpha value is -1.82. The van der Waals surface area contributed by atoms with Crippen LogP contribution in [0.25, 0.3) is 0 Å². The van der Waals surface area contributed by atoms with Crippen molar-refractivity contribution < 1.29 is 13.2 Å². The largest absolute Gasteiger partial charge is 0.416 e. The minimum Gasteiger partial charge on any atom is -0.334 e. The van der Waals surface area contributed by atoms with Gasteiger partial charge in [-0.15, -0.1) is 0 Å². The maximum absolute atomic E-state index is 12.7. The molecule has 2 aromatic rings. The molecule has 1 aromatic carbocycles. The van der Waals surface area contributed by atoms with Crippen LogP contribution in [0.15, 0.2) is 36.8 Å². The number of alkyl halides is 3. The molecule has 0 amide bonds. The Kier molecular flexibility index (Phi) is 4.67. The first kappa shape index (κ1) is 15.6. The zero-order chi connectivity index (χ0) is 15.5. The van der Waals surface area contributed by atoms with Gasteiger partial charge in [0.05, 0.1) is 17.6 Å². The third-order valence-corrected chi connectivity index (χ3v) is 3.28. The molecule has 6 heteroatoms. The highest BCUT2D eigenvalue weighted by atomic mass is 19.4. The molecular weight excluding hydrogens is 279 g/mol. The first-order chi connectivity index (χ1) is 9.90. The van der Waals surface area contributed by atoms with Gasteiger partial charge in [0.15, 0.2) is 0 Å². The van der Waals surface area contributed by atoms with E-state index in [0.717, 1.165) is 18.3 Å². The molecule has 0 unspecified atom stereocenters. The number of hydrogen-bond donors (Lipinski definition) is 0. The van der Waals surface area contributed by atoms with Crippen molar-refractivity contribution in [3.63, 3.8) is 0 Å². The third kappa shape index (κ3) is 4.07.